The van der Waals surface area contributed by atoms with Gasteiger partial charge in [0.25, 0.3) is 0 Å². The summed E-state index contributed by atoms with van der Waals surface area (Å²) in [4.78, 5) is 15.5. The third-order valence-electron chi connectivity index (χ3n) is 7.45. The third-order valence-corrected chi connectivity index (χ3v) is 9.10. The predicted octanol–water partition coefficient (Wildman–Crippen LogP) is 7.67. The highest BCUT2D eigenvalue weighted by molar-refractivity contribution is 7.89. The van der Waals surface area contributed by atoms with Gasteiger partial charge in [0.05, 0.1) is 18.4 Å². The van der Waals surface area contributed by atoms with Gasteiger partial charge in [0.2, 0.25) is 15.9 Å². The largest absolute Gasteiger partial charge is 0.497 e. The highest BCUT2D eigenvalue weighted by Gasteiger charge is 2.19. The van der Waals surface area contributed by atoms with Gasteiger partial charge in [0.15, 0.2) is 0 Å². The van der Waals surface area contributed by atoms with E-state index in [4.69, 9.17) is 21.1 Å². The molecular weight excluding hydrogens is 632 g/mol. The fourth-order valence-electron chi connectivity index (χ4n) is 4.79. The van der Waals surface area contributed by atoms with Crippen molar-refractivity contribution in [2.24, 2.45) is 0 Å². The summed E-state index contributed by atoms with van der Waals surface area (Å²) in [5.41, 5.74) is 4.24. The molecular formula is C38H39ClN2O5S. The van der Waals surface area contributed by atoms with Crippen LogP contribution < -0.4 is 14.2 Å². The molecule has 0 atom stereocenters. The van der Waals surface area contributed by atoms with Crippen LogP contribution in [0.25, 0.3) is 0 Å². The molecule has 0 fully saturated rings. The van der Waals surface area contributed by atoms with E-state index in [9.17, 15) is 13.2 Å². The topological polar surface area (TPSA) is 84.9 Å². The van der Waals surface area contributed by atoms with Crippen LogP contribution in [0.4, 0.5) is 0 Å². The van der Waals surface area contributed by atoms with Gasteiger partial charge >= 0.3 is 0 Å². The number of ether oxygens (including phenoxy) is 2. The molecule has 0 aliphatic carbocycles. The van der Waals surface area contributed by atoms with E-state index in [1.165, 1.54) is 0 Å². The minimum atomic E-state index is -3.73. The first-order valence-corrected chi connectivity index (χ1v) is 17.0. The van der Waals surface area contributed by atoms with E-state index in [0.717, 1.165) is 27.8 Å². The standard InChI is InChI=1S/C38H39ClN2O5S/c1-4-9-29(5-2)24-38(42)41(27-33-25-34(39)16-21-37(33)46-28-32-10-7-6-8-11-32)23-22-30-14-19-36(20-15-30)47(43,44)40-26-31-12-17-35(45-3)18-13-31/h4-21,25,40H,1-2,22-24,26-28H2,3H3/b29-9+. The molecule has 0 aliphatic heterocycles. The second-order valence-electron chi connectivity index (χ2n) is 10.8. The van der Waals surface area contributed by atoms with Gasteiger partial charge in [-0.1, -0.05) is 97.6 Å². The molecule has 4 rings (SSSR count). The molecule has 7 nitrogen and oxygen atoms in total. The molecule has 9 heteroatoms. The molecule has 0 aliphatic rings. The SMILES string of the molecule is C=C/C=C(\C=C)CC(=O)N(CCc1ccc(S(=O)(=O)NCc2ccc(OC)cc2)cc1)Cc1cc(Cl)ccc1OCc1ccccc1. The number of nitrogens with zero attached hydrogens (tertiary/aromatic N) is 1. The van der Waals surface area contributed by atoms with Crippen LogP contribution in [0.1, 0.15) is 28.7 Å². The Bertz CT molecular complexity index is 1790. The molecule has 1 N–H and O–H groups in total. The van der Waals surface area contributed by atoms with Gasteiger partial charge in [0, 0.05) is 30.2 Å². The number of sulfonamides is 1. The lowest BCUT2D eigenvalue weighted by atomic mass is 10.1. The average molecular weight is 671 g/mol. The summed E-state index contributed by atoms with van der Waals surface area (Å²) >= 11 is 6.39. The minimum Gasteiger partial charge on any atom is -0.497 e. The quantitative estimate of drug-likeness (QED) is 0.117. The van der Waals surface area contributed by atoms with Crippen LogP contribution in [0, 0.1) is 0 Å². The number of amides is 1. The van der Waals surface area contributed by atoms with Crippen molar-refractivity contribution in [3.63, 3.8) is 0 Å². The summed E-state index contributed by atoms with van der Waals surface area (Å²) in [5.74, 6) is 1.23. The van der Waals surface area contributed by atoms with Gasteiger partial charge in [-0.3, -0.25) is 4.79 Å². The number of halogens is 1. The molecule has 0 bridgehead atoms. The van der Waals surface area contributed by atoms with E-state index in [2.05, 4.69) is 17.9 Å². The lowest BCUT2D eigenvalue weighted by molar-refractivity contribution is -0.131. The molecule has 1 amide bonds. The Labute approximate surface area is 282 Å². The highest BCUT2D eigenvalue weighted by Crippen LogP contribution is 2.26. The number of hydrogen-bond acceptors (Lipinski definition) is 5. The number of rotatable bonds is 17. The van der Waals surface area contributed by atoms with Crippen LogP contribution in [-0.2, 0) is 40.9 Å². The molecule has 47 heavy (non-hydrogen) atoms. The van der Waals surface area contributed by atoms with E-state index in [1.54, 1.807) is 72.7 Å². The molecule has 0 saturated carbocycles. The molecule has 0 heterocycles. The van der Waals surface area contributed by atoms with Crippen molar-refractivity contribution in [3.05, 3.63) is 161 Å². The Balaban J connectivity index is 1.47. The van der Waals surface area contributed by atoms with Crippen molar-refractivity contribution in [1.29, 1.82) is 0 Å². The summed E-state index contributed by atoms with van der Waals surface area (Å²) in [6.07, 6.45) is 5.68. The average Bonchev–Trinajstić information content (AvgIpc) is 3.09. The third kappa shape index (κ3) is 10.7. The van der Waals surface area contributed by atoms with Gasteiger partial charge in [-0.05, 0) is 71.1 Å². The first-order chi connectivity index (χ1) is 22.7. The Morgan fingerprint density at radius 2 is 1.62 bits per heavy atom. The van der Waals surface area contributed by atoms with E-state index < -0.39 is 10.0 Å². The van der Waals surface area contributed by atoms with Crippen LogP contribution in [0.3, 0.4) is 0 Å². The van der Waals surface area contributed by atoms with Gasteiger partial charge in [-0.15, -0.1) is 0 Å². The van der Waals surface area contributed by atoms with E-state index in [0.29, 0.717) is 36.1 Å². The zero-order valence-corrected chi connectivity index (χ0v) is 28.0. The maximum atomic E-state index is 13.6. The molecule has 0 aromatic heterocycles. The van der Waals surface area contributed by atoms with E-state index >= 15 is 0 Å². The number of carbonyl (C=O) groups is 1. The van der Waals surface area contributed by atoms with Crippen molar-refractivity contribution >= 4 is 27.5 Å². The fraction of sp³-hybridized carbons (Fsp3) is 0.184. The zero-order valence-electron chi connectivity index (χ0n) is 26.4. The Kier molecular flexibility index (Phi) is 13.0. The molecule has 4 aromatic carbocycles. The summed E-state index contributed by atoms with van der Waals surface area (Å²) in [6.45, 7) is 8.74. The van der Waals surface area contributed by atoms with Crippen molar-refractivity contribution in [2.45, 2.75) is 37.4 Å². The zero-order chi connectivity index (χ0) is 33.6. The van der Waals surface area contributed by atoms with Gasteiger partial charge in [0.1, 0.15) is 18.1 Å². The summed E-state index contributed by atoms with van der Waals surface area (Å²) in [5, 5.41) is 0.537. The van der Waals surface area contributed by atoms with Crippen molar-refractivity contribution < 1.29 is 22.7 Å². The first-order valence-electron chi connectivity index (χ1n) is 15.1. The maximum absolute atomic E-state index is 13.6. The number of methoxy groups -OCH3 is 1. The monoisotopic (exact) mass is 670 g/mol. The predicted molar refractivity (Wildman–Crippen MR) is 188 cm³/mol. The number of benzene rings is 4. The maximum Gasteiger partial charge on any atom is 0.240 e. The normalized spacial score (nSPS) is 11.5. The number of carbonyl (C=O) groups excluding carboxylic acids is 1. The van der Waals surface area contributed by atoms with Crippen molar-refractivity contribution in [2.75, 3.05) is 13.7 Å². The lowest BCUT2D eigenvalue weighted by Crippen LogP contribution is -2.32. The number of hydrogen-bond donors (Lipinski definition) is 1. The first kappa shape index (κ1) is 35.2. The Morgan fingerprint density at radius 3 is 2.28 bits per heavy atom. The Morgan fingerprint density at radius 1 is 0.915 bits per heavy atom. The Hall–Kier alpha value is -4.63. The number of allylic oxidation sites excluding steroid dienone is 3. The highest BCUT2D eigenvalue weighted by atomic mass is 35.5. The van der Waals surface area contributed by atoms with E-state index in [1.807, 2.05) is 54.6 Å². The van der Waals surface area contributed by atoms with Crippen LogP contribution in [0.2, 0.25) is 5.02 Å². The molecule has 0 unspecified atom stereocenters. The van der Waals surface area contributed by atoms with Gasteiger partial charge in [-0.2, -0.15) is 0 Å². The van der Waals surface area contributed by atoms with Gasteiger partial charge < -0.3 is 14.4 Å². The van der Waals surface area contributed by atoms with Crippen LogP contribution >= 0.6 is 11.6 Å². The van der Waals surface area contributed by atoms with Crippen LogP contribution in [0.5, 0.6) is 11.5 Å². The molecule has 0 spiro atoms. The smallest absolute Gasteiger partial charge is 0.240 e. The molecule has 244 valence electrons. The van der Waals surface area contributed by atoms with E-state index in [-0.39, 0.29) is 30.3 Å². The minimum absolute atomic E-state index is 0.103. The number of nitrogens with one attached hydrogen (secondary N) is 1. The van der Waals surface area contributed by atoms with Crippen LogP contribution in [0.15, 0.2) is 139 Å². The van der Waals surface area contributed by atoms with Crippen molar-refractivity contribution in [1.82, 2.24) is 9.62 Å². The second-order valence-corrected chi connectivity index (χ2v) is 13.0. The summed E-state index contributed by atoms with van der Waals surface area (Å²) in [6, 6.07) is 29.1. The second kappa shape index (κ2) is 17.3. The molecule has 0 saturated heterocycles. The van der Waals surface area contributed by atoms with Crippen LogP contribution in [-0.4, -0.2) is 32.9 Å². The summed E-state index contributed by atoms with van der Waals surface area (Å²) < 4.78 is 39.9. The lowest BCUT2D eigenvalue weighted by Gasteiger charge is -2.25. The molecule has 4 aromatic rings. The molecule has 0 radical (unpaired) electrons. The van der Waals surface area contributed by atoms with Gasteiger partial charge in [-0.25, -0.2) is 13.1 Å². The van der Waals surface area contributed by atoms with Crippen molar-refractivity contribution in [3.8, 4) is 11.5 Å². The fourth-order valence-corrected chi connectivity index (χ4v) is 6.00. The summed E-state index contributed by atoms with van der Waals surface area (Å²) in [7, 11) is -2.15.